The standard InChI is InChI=1S/C18H24O2S/c1-2-3-5-8-15(19)13-18-14-17(11-12-21-18)20-16-9-6-4-7-10-16/h4,6-7,9-11,14-15,19H,2-3,5,8,12-13H2,1H3. The van der Waals surface area contributed by atoms with Gasteiger partial charge in [0.25, 0.3) is 0 Å². The fraction of sp³-hybridized carbons (Fsp3) is 0.444. The minimum absolute atomic E-state index is 0.230. The lowest BCUT2D eigenvalue weighted by molar-refractivity contribution is 0.163. The van der Waals surface area contributed by atoms with Crippen LogP contribution < -0.4 is 4.74 Å². The van der Waals surface area contributed by atoms with E-state index in [0.717, 1.165) is 36.5 Å². The molecule has 2 rings (SSSR count). The fourth-order valence-electron chi connectivity index (χ4n) is 2.27. The van der Waals surface area contributed by atoms with Gasteiger partial charge in [0.05, 0.1) is 6.10 Å². The summed E-state index contributed by atoms with van der Waals surface area (Å²) in [5.74, 6) is 2.65. The summed E-state index contributed by atoms with van der Waals surface area (Å²) in [6.07, 6.45) is 9.06. The normalized spacial score (nSPS) is 16.1. The van der Waals surface area contributed by atoms with E-state index in [2.05, 4.69) is 19.1 Å². The fourth-order valence-corrected chi connectivity index (χ4v) is 3.24. The highest BCUT2D eigenvalue weighted by molar-refractivity contribution is 8.03. The molecule has 0 bridgehead atoms. The summed E-state index contributed by atoms with van der Waals surface area (Å²) in [5, 5.41) is 10.1. The number of hydrogen-bond acceptors (Lipinski definition) is 3. The Morgan fingerprint density at radius 3 is 2.81 bits per heavy atom. The Morgan fingerprint density at radius 1 is 1.24 bits per heavy atom. The van der Waals surface area contributed by atoms with Crippen molar-refractivity contribution in [3.05, 3.63) is 53.1 Å². The Hall–Kier alpha value is -1.19. The SMILES string of the molecule is CCCCCC(O)CC1=CC(Oc2ccccc2)=CCS1. The van der Waals surface area contributed by atoms with Crippen molar-refractivity contribution < 1.29 is 9.84 Å². The van der Waals surface area contributed by atoms with E-state index < -0.39 is 0 Å². The molecule has 0 saturated carbocycles. The maximum Gasteiger partial charge on any atom is 0.127 e. The van der Waals surface area contributed by atoms with Crippen LogP contribution in [0.3, 0.4) is 0 Å². The van der Waals surface area contributed by atoms with Crippen molar-refractivity contribution in [1.82, 2.24) is 0 Å². The van der Waals surface area contributed by atoms with Crippen LogP contribution in [0.1, 0.15) is 39.0 Å². The topological polar surface area (TPSA) is 29.5 Å². The molecule has 0 radical (unpaired) electrons. The molecular weight excluding hydrogens is 280 g/mol. The number of hydrogen-bond donors (Lipinski definition) is 1. The van der Waals surface area contributed by atoms with Crippen LogP contribution in [0.2, 0.25) is 0 Å². The quantitative estimate of drug-likeness (QED) is 0.692. The highest BCUT2D eigenvalue weighted by Crippen LogP contribution is 2.29. The van der Waals surface area contributed by atoms with Crippen LogP contribution in [-0.2, 0) is 0 Å². The highest BCUT2D eigenvalue weighted by Gasteiger charge is 2.12. The van der Waals surface area contributed by atoms with E-state index in [9.17, 15) is 5.11 Å². The molecule has 1 N–H and O–H groups in total. The number of allylic oxidation sites excluding steroid dienone is 1. The van der Waals surface area contributed by atoms with Crippen LogP contribution in [0.5, 0.6) is 5.75 Å². The van der Waals surface area contributed by atoms with Gasteiger partial charge in [0.1, 0.15) is 11.5 Å². The summed E-state index contributed by atoms with van der Waals surface area (Å²) in [4.78, 5) is 1.22. The second kappa shape index (κ2) is 8.96. The van der Waals surface area contributed by atoms with Crippen LogP contribution in [0.25, 0.3) is 0 Å². The highest BCUT2D eigenvalue weighted by atomic mass is 32.2. The van der Waals surface area contributed by atoms with Crippen molar-refractivity contribution in [3.63, 3.8) is 0 Å². The van der Waals surface area contributed by atoms with Crippen molar-refractivity contribution in [1.29, 1.82) is 0 Å². The molecule has 1 heterocycles. The van der Waals surface area contributed by atoms with E-state index in [4.69, 9.17) is 4.74 Å². The lowest BCUT2D eigenvalue weighted by Gasteiger charge is -2.17. The lowest BCUT2D eigenvalue weighted by Crippen LogP contribution is -2.08. The third-order valence-corrected chi connectivity index (χ3v) is 4.40. The molecule has 1 atom stereocenters. The summed E-state index contributed by atoms with van der Waals surface area (Å²) in [7, 11) is 0. The first-order chi connectivity index (χ1) is 10.3. The number of unbranched alkanes of at least 4 members (excludes halogenated alkanes) is 2. The Labute approximate surface area is 131 Å². The molecule has 1 aliphatic heterocycles. The number of aliphatic hydroxyl groups is 1. The third kappa shape index (κ3) is 5.98. The molecule has 0 fully saturated rings. The molecule has 1 aliphatic rings. The first-order valence-electron chi connectivity index (χ1n) is 7.72. The molecule has 3 heteroatoms. The molecule has 0 aromatic heterocycles. The molecule has 1 aromatic carbocycles. The zero-order valence-corrected chi connectivity index (χ0v) is 13.4. The monoisotopic (exact) mass is 304 g/mol. The second-order valence-electron chi connectivity index (χ2n) is 5.30. The van der Waals surface area contributed by atoms with Crippen LogP contribution in [0, 0.1) is 0 Å². The first-order valence-corrected chi connectivity index (χ1v) is 8.71. The van der Waals surface area contributed by atoms with Gasteiger partial charge in [-0.15, -0.1) is 11.8 Å². The minimum atomic E-state index is -0.230. The van der Waals surface area contributed by atoms with Crippen molar-refractivity contribution in [2.45, 2.75) is 45.1 Å². The predicted molar refractivity (Wildman–Crippen MR) is 90.5 cm³/mol. The van der Waals surface area contributed by atoms with Gasteiger partial charge in [-0.2, -0.15) is 0 Å². The molecule has 0 spiro atoms. The smallest absolute Gasteiger partial charge is 0.127 e. The molecular formula is C18H24O2S. The van der Waals surface area contributed by atoms with Crippen molar-refractivity contribution in [3.8, 4) is 5.75 Å². The van der Waals surface area contributed by atoms with Crippen LogP contribution in [0.15, 0.2) is 53.1 Å². The average Bonchev–Trinajstić information content (AvgIpc) is 2.49. The summed E-state index contributed by atoms with van der Waals surface area (Å²) in [6, 6.07) is 9.82. The number of para-hydroxylation sites is 1. The lowest BCUT2D eigenvalue weighted by atomic mass is 10.1. The molecule has 2 nitrogen and oxygen atoms in total. The summed E-state index contributed by atoms with van der Waals surface area (Å²) >= 11 is 1.79. The Balaban J connectivity index is 1.85. The van der Waals surface area contributed by atoms with E-state index in [-0.39, 0.29) is 6.10 Å². The first kappa shape index (κ1) is 16.2. The molecule has 114 valence electrons. The van der Waals surface area contributed by atoms with Gasteiger partial charge >= 0.3 is 0 Å². The zero-order valence-electron chi connectivity index (χ0n) is 12.6. The van der Waals surface area contributed by atoms with Crippen molar-refractivity contribution in [2.24, 2.45) is 0 Å². The van der Waals surface area contributed by atoms with E-state index in [1.54, 1.807) is 11.8 Å². The van der Waals surface area contributed by atoms with Gasteiger partial charge < -0.3 is 9.84 Å². The van der Waals surface area contributed by atoms with Crippen LogP contribution in [0.4, 0.5) is 0 Å². The summed E-state index contributed by atoms with van der Waals surface area (Å²) in [5.41, 5.74) is 0. The van der Waals surface area contributed by atoms with Crippen LogP contribution in [-0.4, -0.2) is 17.0 Å². The molecule has 1 aromatic rings. The number of rotatable bonds is 8. The van der Waals surface area contributed by atoms with E-state index in [0.29, 0.717) is 0 Å². The molecule has 0 amide bonds. The second-order valence-corrected chi connectivity index (χ2v) is 6.44. The maximum absolute atomic E-state index is 10.1. The van der Waals surface area contributed by atoms with Gasteiger partial charge in [-0.1, -0.05) is 44.4 Å². The largest absolute Gasteiger partial charge is 0.458 e. The van der Waals surface area contributed by atoms with Gasteiger partial charge in [0.2, 0.25) is 0 Å². The maximum atomic E-state index is 10.1. The van der Waals surface area contributed by atoms with E-state index in [1.807, 2.05) is 30.3 Å². The molecule has 1 unspecified atom stereocenters. The summed E-state index contributed by atoms with van der Waals surface area (Å²) in [6.45, 7) is 2.18. The average molecular weight is 304 g/mol. The molecule has 0 aliphatic carbocycles. The molecule has 21 heavy (non-hydrogen) atoms. The Morgan fingerprint density at radius 2 is 2.05 bits per heavy atom. The molecule has 0 saturated heterocycles. The van der Waals surface area contributed by atoms with Gasteiger partial charge in [-0.25, -0.2) is 0 Å². The van der Waals surface area contributed by atoms with Crippen molar-refractivity contribution in [2.75, 3.05) is 5.75 Å². The third-order valence-electron chi connectivity index (χ3n) is 3.41. The Kier molecular flexibility index (Phi) is 6.90. The van der Waals surface area contributed by atoms with Crippen molar-refractivity contribution >= 4 is 11.8 Å². The van der Waals surface area contributed by atoms with Crippen LogP contribution >= 0.6 is 11.8 Å². The number of benzene rings is 1. The van der Waals surface area contributed by atoms with E-state index in [1.165, 1.54) is 17.7 Å². The number of ether oxygens (including phenoxy) is 1. The van der Waals surface area contributed by atoms with Gasteiger partial charge in [-0.3, -0.25) is 0 Å². The van der Waals surface area contributed by atoms with Gasteiger partial charge in [0, 0.05) is 12.2 Å². The van der Waals surface area contributed by atoms with Gasteiger partial charge in [-0.05, 0) is 35.6 Å². The summed E-state index contributed by atoms with van der Waals surface area (Å²) < 4.78 is 5.86. The zero-order chi connectivity index (χ0) is 14.9. The number of aliphatic hydroxyl groups excluding tert-OH is 1. The number of thioether (sulfide) groups is 1. The predicted octanol–water partition coefficient (Wildman–Crippen LogP) is 4.91. The Bertz CT molecular complexity index is 479. The minimum Gasteiger partial charge on any atom is -0.458 e. The van der Waals surface area contributed by atoms with Gasteiger partial charge in [0.15, 0.2) is 0 Å². The van der Waals surface area contributed by atoms with E-state index >= 15 is 0 Å².